The first-order valence-corrected chi connectivity index (χ1v) is 6.47. The van der Waals surface area contributed by atoms with Crippen molar-refractivity contribution in [1.29, 1.82) is 0 Å². The first kappa shape index (κ1) is 13.1. The Bertz CT molecular complexity index is 523. The molecular weight excluding hydrogens is 227 g/mol. The minimum Gasteiger partial charge on any atom is -0.359 e. The Labute approximate surface area is 108 Å². The van der Waals surface area contributed by atoms with Gasteiger partial charge in [0.05, 0.1) is 5.52 Å². The van der Waals surface area contributed by atoms with Gasteiger partial charge in [-0.15, -0.1) is 0 Å². The number of halogens is 1. The molecule has 1 heterocycles. The molecular formula is C15H21FN2. The standard InChI is InChI=1S/C15H21FN2/c1-15(2,3)18-9-5-6-11-10-17-14-12(11)7-4-8-13(14)16/h4,7-8,10,17-18H,5-6,9H2,1-3H3. The minimum atomic E-state index is -0.174. The smallest absolute Gasteiger partial charge is 0.147 e. The van der Waals surface area contributed by atoms with E-state index in [0.29, 0.717) is 5.52 Å². The maximum atomic E-state index is 13.5. The number of aryl methyl sites for hydroxylation is 1. The molecule has 0 unspecified atom stereocenters. The van der Waals surface area contributed by atoms with Gasteiger partial charge in [-0.2, -0.15) is 0 Å². The van der Waals surface area contributed by atoms with Crippen molar-refractivity contribution in [3.63, 3.8) is 0 Å². The van der Waals surface area contributed by atoms with Crippen LogP contribution in [-0.4, -0.2) is 17.1 Å². The monoisotopic (exact) mass is 248 g/mol. The molecule has 0 bridgehead atoms. The molecule has 2 N–H and O–H groups in total. The Kier molecular flexibility index (Phi) is 3.71. The number of benzene rings is 1. The lowest BCUT2D eigenvalue weighted by Gasteiger charge is -2.20. The van der Waals surface area contributed by atoms with Crippen LogP contribution in [0.4, 0.5) is 4.39 Å². The van der Waals surface area contributed by atoms with Crippen LogP contribution in [0.2, 0.25) is 0 Å². The van der Waals surface area contributed by atoms with Gasteiger partial charge in [0.15, 0.2) is 0 Å². The second-order valence-electron chi connectivity index (χ2n) is 5.76. The summed E-state index contributed by atoms with van der Waals surface area (Å²) in [6.45, 7) is 7.46. The van der Waals surface area contributed by atoms with Gasteiger partial charge in [0, 0.05) is 17.1 Å². The van der Waals surface area contributed by atoms with Crippen LogP contribution in [0.3, 0.4) is 0 Å². The van der Waals surface area contributed by atoms with Gasteiger partial charge in [-0.05, 0) is 51.8 Å². The molecule has 0 saturated heterocycles. The molecule has 0 fully saturated rings. The first-order valence-electron chi connectivity index (χ1n) is 6.47. The summed E-state index contributed by atoms with van der Waals surface area (Å²) in [5.41, 5.74) is 1.98. The number of rotatable bonds is 4. The number of hydrogen-bond donors (Lipinski definition) is 2. The third kappa shape index (κ3) is 3.10. The largest absolute Gasteiger partial charge is 0.359 e. The van der Waals surface area contributed by atoms with Gasteiger partial charge >= 0.3 is 0 Å². The summed E-state index contributed by atoms with van der Waals surface area (Å²) >= 11 is 0. The lowest BCUT2D eigenvalue weighted by Crippen LogP contribution is -2.36. The zero-order valence-corrected chi connectivity index (χ0v) is 11.3. The molecule has 0 spiro atoms. The molecule has 0 aliphatic rings. The van der Waals surface area contributed by atoms with Crippen LogP contribution in [0.1, 0.15) is 32.8 Å². The van der Waals surface area contributed by atoms with Gasteiger partial charge < -0.3 is 10.3 Å². The fourth-order valence-electron chi connectivity index (χ4n) is 2.12. The van der Waals surface area contributed by atoms with E-state index < -0.39 is 0 Å². The van der Waals surface area contributed by atoms with Crippen molar-refractivity contribution >= 4 is 10.9 Å². The fraction of sp³-hybridized carbons (Fsp3) is 0.467. The van der Waals surface area contributed by atoms with Gasteiger partial charge in [-0.25, -0.2) is 4.39 Å². The molecule has 0 amide bonds. The number of para-hydroxylation sites is 1. The lowest BCUT2D eigenvalue weighted by atomic mass is 10.1. The topological polar surface area (TPSA) is 27.8 Å². The molecule has 1 aromatic heterocycles. The summed E-state index contributed by atoms with van der Waals surface area (Å²) in [7, 11) is 0. The molecule has 0 radical (unpaired) electrons. The number of fused-ring (bicyclic) bond motifs is 1. The Balaban J connectivity index is 1.98. The van der Waals surface area contributed by atoms with Crippen LogP contribution in [-0.2, 0) is 6.42 Å². The zero-order chi connectivity index (χ0) is 13.2. The van der Waals surface area contributed by atoms with Crippen LogP contribution in [0.15, 0.2) is 24.4 Å². The molecule has 2 rings (SSSR count). The average Bonchev–Trinajstić information content (AvgIpc) is 2.68. The molecule has 2 aromatic rings. The van der Waals surface area contributed by atoms with Crippen molar-refractivity contribution in [3.8, 4) is 0 Å². The summed E-state index contributed by atoms with van der Waals surface area (Å²) < 4.78 is 13.5. The number of nitrogens with one attached hydrogen (secondary N) is 2. The lowest BCUT2D eigenvalue weighted by molar-refractivity contribution is 0.422. The quantitative estimate of drug-likeness (QED) is 0.794. The predicted octanol–water partition coefficient (Wildman–Crippen LogP) is 3.63. The molecule has 1 aromatic carbocycles. The molecule has 98 valence electrons. The maximum absolute atomic E-state index is 13.5. The van der Waals surface area contributed by atoms with Gasteiger partial charge in [0.25, 0.3) is 0 Å². The summed E-state index contributed by atoms with van der Waals surface area (Å²) in [4.78, 5) is 3.02. The predicted molar refractivity (Wildman–Crippen MR) is 74.3 cm³/mol. The van der Waals surface area contributed by atoms with Crippen LogP contribution in [0.5, 0.6) is 0 Å². The van der Waals surface area contributed by atoms with E-state index in [0.717, 1.165) is 24.8 Å². The van der Waals surface area contributed by atoms with Crippen molar-refractivity contribution in [2.75, 3.05) is 6.54 Å². The van der Waals surface area contributed by atoms with E-state index in [2.05, 4.69) is 31.1 Å². The van der Waals surface area contributed by atoms with Crippen LogP contribution in [0, 0.1) is 5.82 Å². The van der Waals surface area contributed by atoms with E-state index in [1.807, 2.05) is 12.3 Å². The Morgan fingerprint density at radius 1 is 1.28 bits per heavy atom. The van der Waals surface area contributed by atoms with E-state index in [1.54, 1.807) is 6.07 Å². The highest BCUT2D eigenvalue weighted by molar-refractivity contribution is 5.83. The molecule has 3 heteroatoms. The highest BCUT2D eigenvalue weighted by Gasteiger charge is 2.09. The summed E-state index contributed by atoms with van der Waals surface area (Å²) in [6, 6.07) is 5.23. The number of H-pyrrole nitrogens is 1. The molecule has 0 atom stereocenters. The second-order valence-corrected chi connectivity index (χ2v) is 5.76. The second kappa shape index (κ2) is 5.11. The van der Waals surface area contributed by atoms with Gasteiger partial charge in [0.1, 0.15) is 5.82 Å². The molecule has 2 nitrogen and oxygen atoms in total. The van der Waals surface area contributed by atoms with Crippen LogP contribution >= 0.6 is 0 Å². The van der Waals surface area contributed by atoms with Gasteiger partial charge in [0.2, 0.25) is 0 Å². The van der Waals surface area contributed by atoms with E-state index in [1.165, 1.54) is 11.6 Å². The molecule has 0 aliphatic heterocycles. The van der Waals surface area contributed by atoms with Gasteiger partial charge in [-0.1, -0.05) is 12.1 Å². The SMILES string of the molecule is CC(C)(C)NCCCc1c[nH]c2c(F)cccc12. The number of aromatic amines is 1. The summed E-state index contributed by atoms with van der Waals surface area (Å²) in [5, 5.41) is 4.46. The normalized spacial score (nSPS) is 12.2. The molecule has 0 saturated carbocycles. The van der Waals surface area contributed by atoms with E-state index in [9.17, 15) is 4.39 Å². The Morgan fingerprint density at radius 2 is 2.06 bits per heavy atom. The Morgan fingerprint density at radius 3 is 2.78 bits per heavy atom. The fourth-order valence-corrected chi connectivity index (χ4v) is 2.12. The third-order valence-electron chi connectivity index (χ3n) is 3.03. The Hall–Kier alpha value is -1.35. The number of aromatic nitrogens is 1. The minimum absolute atomic E-state index is 0.159. The van der Waals surface area contributed by atoms with Crippen LogP contribution < -0.4 is 5.32 Å². The van der Waals surface area contributed by atoms with E-state index in [4.69, 9.17) is 0 Å². The van der Waals surface area contributed by atoms with Crippen molar-refractivity contribution in [2.45, 2.75) is 39.2 Å². The molecule has 18 heavy (non-hydrogen) atoms. The highest BCUT2D eigenvalue weighted by Crippen LogP contribution is 2.21. The van der Waals surface area contributed by atoms with Gasteiger partial charge in [-0.3, -0.25) is 0 Å². The number of hydrogen-bond acceptors (Lipinski definition) is 1. The maximum Gasteiger partial charge on any atom is 0.147 e. The van der Waals surface area contributed by atoms with Crippen molar-refractivity contribution in [2.24, 2.45) is 0 Å². The zero-order valence-electron chi connectivity index (χ0n) is 11.3. The first-order chi connectivity index (χ1) is 8.47. The summed E-state index contributed by atoms with van der Waals surface area (Å²) in [5.74, 6) is -0.174. The van der Waals surface area contributed by atoms with E-state index >= 15 is 0 Å². The van der Waals surface area contributed by atoms with E-state index in [-0.39, 0.29) is 11.4 Å². The van der Waals surface area contributed by atoms with Crippen molar-refractivity contribution in [3.05, 3.63) is 35.8 Å². The highest BCUT2D eigenvalue weighted by atomic mass is 19.1. The average molecular weight is 248 g/mol. The van der Waals surface area contributed by atoms with Crippen molar-refractivity contribution in [1.82, 2.24) is 10.3 Å². The van der Waals surface area contributed by atoms with Crippen LogP contribution in [0.25, 0.3) is 10.9 Å². The third-order valence-corrected chi connectivity index (χ3v) is 3.03. The molecule has 0 aliphatic carbocycles. The van der Waals surface area contributed by atoms with Crippen molar-refractivity contribution < 1.29 is 4.39 Å². The summed E-state index contributed by atoms with van der Waals surface area (Å²) in [6.07, 6.45) is 3.94.